The largest absolute Gasteiger partial charge is 0.489 e. The fourth-order valence-electron chi connectivity index (χ4n) is 3.19. The van der Waals surface area contributed by atoms with E-state index in [-0.39, 0.29) is 24.3 Å². The molecule has 0 unspecified atom stereocenters. The third-order valence-corrected chi connectivity index (χ3v) is 5.21. The van der Waals surface area contributed by atoms with E-state index in [1.807, 2.05) is 18.2 Å². The average molecular weight is 465 g/mol. The summed E-state index contributed by atoms with van der Waals surface area (Å²) in [4.78, 5) is 37.4. The van der Waals surface area contributed by atoms with Crippen LogP contribution in [0.3, 0.4) is 0 Å². The Morgan fingerprint density at radius 1 is 1.09 bits per heavy atom. The molecule has 1 aliphatic heterocycles. The Bertz CT molecular complexity index is 1170. The molecule has 0 radical (unpaired) electrons. The number of benzene rings is 2. The number of rotatable bonds is 7. The van der Waals surface area contributed by atoms with E-state index >= 15 is 0 Å². The van der Waals surface area contributed by atoms with Crippen LogP contribution in [0.4, 0.5) is 0 Å². The first-order chi connectivity index (χ1) is 15.8. The molecule has 3 rings (SSSR count). The number of nitriles is 1. The monoisotopic (exact) mass is 464 g/mol. The van der Waals surface area contributed by atoms with Crippen molar-refractivity contribution in [2.75, 3.05) is 13.2 Å². The first-order valence-electron chi connectivity index (χ1n) is 10.1. The molecule has 7 nitrogen and oxygen atoms in total. The summed E-state index contributed by atoms with van der Waals surface area (Å²) in [6, 6.07) is 16.3. The molecular formula is C25H21ClN2O5. The highest BCUT2D eigenvalue weighted by atomic mass is 35.5. The van der Waals surface area contributed by atoms with Gasteiger partial charge in [-0.15, -0.1) is 0 Å². The smallest absolute Gasteiger partial charge is 0.302 e. The number of imide groups is 1. The lowest BCUT2D eigenvalue weighted by Gasteiger charge is -2.27. The third-order valence-electron chi connectivity index (χ3n) is 4.96. The zero-order valence-corrected chi connectivity index (χ0v) is 18.9. The van der Waals surface area contributed by atoms with Gasteiger partial charge in [0.1, 0.15) is 30.6 Å². The van der Waals surface area contributed by atoms with Crippen LogP contribution in [-0.2, 0) is 25.7 Å². The first kappa shape index (κ1) is 23.8. The van der Waals surface area contributed by atoms with E-state index in [2.05, 4.69) is 0 Å². The zero-order chi connectivity index (χ0) is 24.0. The number of amides is 2. The van der Waals surface area contributed by atoms with Gasteiger partial charge >= 0.3 is 5.97 Å². The number of esters is 1. The summed E-state index contributed by atoms with van der Waals surface area (Å²) < 4.78 is 10.6. The summed E-state index contributed by atoms with van der Waals surface area (Å²) in [6.07, 6.45) is 1.61. The van der Waals surface area contributed by atoms with E-state index in [1.165, 1.54) is 6.92 Å². The number of nitrogens with zero attached hydrogens (tertiary/aromatic N) is 2. The van der Waals surface area contributed by atoms with Crippen LogP contribution in [-0.4, -0.2) is 35.8 Å². The summed E-state index contributed by atoms with van der Waals surface area (Å²) in [7, 11) is 0. The summed E-state index contributed by atoms with van der Waals surface area (Å²) in [5.74, 6) is -1.12. The van der Waals surface area contributed by atoms with E-state index < -0.39 is 17.8 Å². The van der Waals surface area contributed by atoms with Crippen LogP contribution in [0.25, 0.3) is 6.08 Å². The number of halogens is 1. The van der Waals surface area contributed by atoms with Gasteiger partial charge in [-0.2, -0.15) is 5.26 Å². The van der Waals surface area contributed by atoms with Gasteiger partial charge in [0.15, 0.2) is 0 Å². The molecule has 0 saturated carbocycles. The Hall–Kier alpha value is -3.89. The molecule has 0 saturated heterocycles. The van der Waals surface area contributed by atoms with Crippen LogP contribution in [0, 0.1) is 11.3 Å². The fraction of sp³-hybridized carbons (Fsp3) is 0.200. The maximum absolute atomic E-state index is 13.0. The minimum atomic E-state index is -0.699. The van der Waals surface area contributed by atoms with Gasteiger partial charge in [0.2, 0.25) is 0 Å². The highest BCUT2D eigenvalue weighted by Crippen LogP contribution is 2.27. The van der Waals surface area contributed by atoms with Crippen LogP contribution in [0.15, 0.2) is 65.3 Å². The van der Waals surface area contributed by atoms with E-state index in [0.717, 1.165) is 10.5 Å². The molecule has 0 aromatic heterocycles. The second-order valence-electron chi connectivity index (χ2n) is 7.26. The van der Waals surface area contributed by atoms with Gasteiger partial charge in [0.25, 0.3) is 11.8 Å². The quantitative estimate of drug-likeness (QED) is 0.348. The molecule has 0 aliphatic carbocycles. The normalized spacial score (nSPS) is 15.0. The maximum Gasteiger partial charge on any atom is 0.302 e. The molecule has 2 aromatic rings. The Balaban J connectivity index is 1.78. The number of carbonyl (C=O) groups excluding carboxylic acids is 3. The molecule has 8 heteroatoms. The van der Waals surface area contributed by atoms with Gasteiger partial charge < -0.3 is 9.47 Å². The molecule has 1 heterocycles. The van der Waals surface area contributed by atoms with E-state index in [0.29, 0.717) is 28.5 Å². The van der Waals surface area contributed by atoms with Crippen LogP contribution in [0.1, 0.15) is 25.0 Å². The van der Waals surface area contributed by atoms with E-state index in [1.54, 1.807) is 49.4 Å². The molecule has 0 N–H and O–H groups in total. The topological polar surface area (TPSA) is 96.7 Å². The minimum Gasteiger partial charge on any atom is -0.489 e. The van der Waals surface area contributed by atoms with Gasteiger partial charge in [-0.3, -0.25) is 19.3 Å². The number of hydrogen-bond donors (Lipinski definition) is 0. The maximum atomic E-state index is 13.0. The van der Waals surface area contributed by atoms with Crippen molar-refractivity contribution < 1.29 is 23.9 Å². The number of ether oxygens (including phenoxy) is 2. The minimum absolute atomic E-state index is 0.119. The van der Waals surface area contributed by atoms with Crippen molar-refractivity contribution in [1.82, 2.24) is 4.90 Å². The average Bonchev–Trinajstić information content (AvgIpc) is 2.79. The number of carbonyl (C=O) groups is 3. The molecule has 2 aromatic carbocycles. The predicted molar refractivity (Wildman–Crippen MR) is 122 cm³/mol. The van der Waals surface area contributed by atoms with Crippen LogP contribution in [0.5, 0.6) is 5.75 Å². The molecule has 0 bridgehead atoms. The third kappa shape index (κ3) is 5.88. The Morgan fingerprint density at radius 2 is 1.76 bits per heavy atom. The second kappa shape index (κ2) is 10.6. The molecule has 168 valence electrons. The summed E-state index contributed by atoms with van der Waals surface area (Å²) in [5.41, 5.74) is 2.08. The molecule has 33 heavy (non-hydrogen) atoms. The second-order valence-corrected chi connectivity index (χ2v) is 7.69. The molecule has 0 atom stereocenters. The lowest BCUT2D eigenvalue weighted by molar-refractivity contribution is -0.147. The van der Waals surface area contributed by atoms with Crippen molar-refractivity contribution in [1.29, 1.82) is 5.26 Å². The lowest BCUT2D eigenvalue weighted by atomic mass is 9.93. The highest BCUT2D eigenvalue weighted by Gasteiger charge is 2.35. The molecule has 2 amide bonds. The van der Waals surface area contributed by atoms with Gasteiger partial charge in [-0.25, -0.2) is 0 Å². The van der Waals surface area contributed by atoms with E-state index in [9.17, 15) is 19.6 Å². The van der Waals surface area contributed by atoms with E-state index in [4.69, 9.17) is 21.1 Å². The van der Waals surface area contributed by atoms with Gasteiger partial charge in [0.05, 0.1) is 6.54 Å². The molecule has 1 aliphatic rings. The standard InChI is InChI=1S/C25H21ClN2O5/c1-16-22(24(30)28(11-12-32-17(2)29)25(31)23(16)14-27)13-18-5-9-21(10-6-18)33-15-19-3-7-20(26)8-4-19/h3-10,13H,11-12,15H2,1-2H3/b22-13+. The zero-order valence-electron chi connectivity index (χ0n) is 18.1. The first-order valence-corrected chi connectivity index (χ1v) is 10.5. The highest BCUT2D eigenvalue weighted by molar-refractivity contribution is 6.30. The predicted octanol–water partition coefficient (Wildman–Crippen LogP) is 4.07. The Morgan fingerprint density at radius 3 is 2.36 bits per heavy atom. The Labute approximate surface area is 196 Å². The molecule has 0 fully saturated rings. The SMILES string of the molecule is CC(=O)OCCN1C(=O)C(C#N)=C(C)/C(=C\c2ccc(OCc3ccc(Cl)cc3)cc2)C1=O. The van der Waals surface area contributed by atoms with Crippen molar-refractivity contribution in [3.63, 3.8) is 0 Å². The van der Waals surface area contributed by atoms with Crippen LogP contribution >= 0.6 is 11.6 Å². The summed E-state index contributed by atoms with van der Waals surface area (Å²) >= 11 is 5.89. The Kier molecular flexibility index (Phi) is 7.65. The van der Waals surface area contributed by atoms with Gasteiger partial charge in [-0.05, 0) is 54.0 Å². The van der Waals surface area contributed by atoms with Crippen LogP contribution in [0.2, 0.25) is 5.02 Å². The summed E-state index contributed by atoms with van der Waals surface area (Å²) in [6.45, 7) is 2.90. The van der Waals surface area contributed by atoms with Gasteiger partial charge in [0, 0.05) is 17.5 Å². The van der Waals surface area contributed by atoms with Crippen molar-refractivity contribution >= 4 is 35.5 Å². The lowest BCUT2D eigenvalue weighted by Crippen LogP contribution is -2.44. The van der Waals surface area contributed by atoms with Crippen molar-refractivity contribution in [2.24, 2.45) is 0 Å². The van der Waals surface area contributed by atoms with Crippen molar-refractivity contribution in [3.8, 4) is 11.8 Å². The number of hydrogen-bond acceptors (Lipinski definition) is 6. The summed E-state index contributed by atoms with van der Waals surface area (Å²) in [5, 5.41) is 10.1. The van der Waals surface area contributed by atoms with Crippen molar-refractivity contribution in [2.45, 2.75) is 20.5 Å². The molecule has 0 spiro atoms. The van der Waals surface area contributed by atoms with Crippen molar-refractivity contribution in [3.05, 3.63) is 81.4 Å². The van der Waals surface area contributed by atoms with Crippen LogP contribution < -0.4 is 4.74 Å². The fourth-order valence-corrected chi connectivity index (χ4v) is 3.31. The molecular weight excluding hydrogens is 444 g/mol. The van der Waals surface area contributed by atoms with Gasteiger partial charge in [-0.1, -0.05) is 35.9 Å².